The topological polar surface area (TPSA) is 62.3 Å². The van der Waals surface area contributed by atoms with Crippen LogP contribution < -0.4 is 5.32 Å². The zero-order valence-corrected chi connectivity index (χ0v) is 13.2. The lowest BCUT2D eigenvalue weighted by Gasteiger charge is -2.46. The minimum atomic E-state index is -0.749. The van der Waals surface area contributed by atoms with Crippen molar-refractivity contribution in [3.8, 4) is 0 Å². The predicted octanol–water partition coefficient (Wildman–Crippen LogP) is 1.86. The molecule has 1 aliphatic rings. The van der Waals surface area contributed by atoms with Gasteiger partial charge >= 0.3 is 0 Å². The fraction of sp³-hybridized carbons (Fsp3) is 0.643. The summed E-state index contributed by atoms with van der Waals surface area (Å²) in [5, 5.41) is 5.72. The average Bonchev–Trinajstić information content (AvgIpc) is 2.82. The van der Waals surface area contributed by atoms with Gasteiger partial charge in [0.05, 0.1) is 17.2 Å². The Morgan fingerprint density at radius 3 is 2.55 bits per heavy atom. The third-order valence-electron chi connectivity index (χ3n) is 4.08. The first-order chi connectivity index (χ1) is 9.44. The molecule has 0 aliphatic carbocycles. The van der Waals surface area contributed by atoms with Crippen LogP contribution in [0.5, 0.6) is 0 Å². The lowest BCUT2D eigenvalue weighted by molar-refractivity contribution is -0.158. The van der Waals surface area contributed by atoms with Crippen LogP contribution in [0.1, 0.15) is 44.3 Å². The van der Waals surface area contributed by atoms with Crippen molar-refractivity contribution >= 4 is 23.2 Å². The number of aromatic nitrogens is 1. The largest absolute Gasteiger partial charge is 0.343 e. The van der Waals surface area contributed by atoms with Gasteiger partial charge in [-0.15, -0.1) is 11.3 Å². The molecule has 1 aliphatic heterocycles. The van der Waals surface area contributed by atoms with E-state index >= 15 is 0 Å². The second kappa shape index (κ2) is 5.52. The third kappa shape index (κ3) is 2.32. The monoisotopic (exact) mass is 295 g/mol. The van der Waals surface area contributed by atoms with Gasteiger partial charge in [-0.2, -0.15) is 0 Å². The number of piperazine rings is 1. The quantitative estimate of drug-likeness (QED) is 0.922. The van der Waals surface area contributed by atoms with Crippen molar-refractivity contribution in [3.05, 3.63) is 16.1 Å². The Hall–Kier alpha value is -1.43. The van der Waals surface area contributed by atoms with Gasteiger partial charge in [-0.1, -0.05) is 13.8 Å². The Labute approximate surface area is 123 Å². The van der Waals surface area contributed by atoms with Crippen LogP contribution in [0, 0.1) is 6.92 Å². The molecule has 1 aromatic rings. The number of thiazole rings is 1. The van der Waals surface area contributed by atoms with Gasteiger partial charge in [-0.25, -0.2) is 4.98 Å². The van der Waals surface area contributed by atoms with Gasteiger partial charge in [0.25, 0.3) is 0 Å². The number of nitrogens with one attached hydrogen (secondary N) is 1. The van der Waals surface area contributed by atoms with Gasteiger partial charge in [0.2, 0.25) is 11.8 Å². The second-order valence-corrected chi connectivity index (χ2v) is 6.28. The van der Waals surface area contributed by atoms with Crippen molar-refractivity contribution in [2.75, 3.05) is 0 Å². The molecule has 5 nitrogen and oxygen atoms in total. The molecule has 20 heavy (non-hydrogen) atoms. The molecular weight excluding hydrogens is 274 g/mol. The first-order valence-electron chi connectivity index (χ1n) is 6.98. The average molecular weight is 295 g/mol. The predicted molar refractivity (Wildman–Crippen MR) is 78.3 cm³/mol. The van der Waals surface area contributed by atoms with Crippen LogP contribution in [-0.4, -0.2) is 33.3 Å². The lowest BCUT2D eigenvalue weighted by Crippen LogP contribution is -2.69. The molecule has 1 N–H and O–H groups in total. The molecule has 0 bridgehead atoms. The molecule has 1 fully saturated rings. The fourth-order valence-electron chi connectivity index (χ4n) is 2.78. The maximum Gasteiger partial charge on any atom is 0.246 e. The lowest BCUT2D eigenvalue weighted by atomic mass is 9.86. The summed E-state index contributed by atoms with van der Waals surface area (Å²) >= 11 is 1.56. The van der Waals surface area contributed by atoms with Crippen LogP contribution in [0.2, 0.25) is 0 Å². The standard InChI is InChI=1S/C14H21N3O2S/c1-5-14(6-2)13(19)15-9(3)12(18)17(14)7-11-8-20-10(4)16-11/h8-9H,5-7H2,1-4H3,(H,15,19). The molecule has 0 radical (unpaired) electrons. The highest BCUT2D eigenvalue weighted by molar-refractivity contribution is 7.09. The first kappa shape index (κ1) is 15.0. The number of aryl methyl sites for hydroxylation is 1. The van der Waals surface area contributed by atoms with Gasteiger partial charge in [-0.05, 0) is 26.7 Å². The molecule has 1 aromatic heterocycles. The van der Waals surface area contributed by atoms with Crippen LogP contribution in [0.3, 0.4) is 0 Å². The summed E-state index contributed by atoms with van der Waals surface area (Å²) in [6.45, 7) is 7.98. The SMILES string of the molecule is CCC1(CC)C(=O)NC(C)C(=O)N1Cc1csc(C)n1. The van der Waals surface area contributed by atoms with E-state index in [4.69, 9.17) is 0 Å². The smallest absolute Gasteiger partial charge is 0.246 e. The Balaban J connectivity index is 2.36. The van der Waals surface area contributed by atoms with E-state index in [1.807, 2.05) is 26.2 Å². The van der Waals surface area contributed by atoms with Crippen LogP contribution in [-0.2, 0) is 16.1 Å². The zero-order chi connectivity index (χ0) is 14.9. The third-order valence-corrected chi connectivity index (χ3v) is 4.90. The number of carbonyl (C=O) groups is 2. The number of rotatable bonds is 4. The van der Waals surface area contributed by atoms with Gasteiger partial charge in [0.15, 0.2) is 0 Å². The molecule has 1 saturated heterocycles. The number of hydrogen-bond acceptors (Lipinski definition) is 4. The second-order valence-electron chi connectivity index (χ2n) is 5.22. The fourth-order valence-corrected chi connectivity index (χ4v) is 3.39. The molecule has 1 atom stereocenters. The number of hydrogen-bond donors (Lipinski definition) is 1. The molecule has 110 valence electrons. The molecule has 0 spiro atoms. The summed E-state index contributed by atoms with van der Waals surface area (Å²) < 4.78 is 0. The summed E-state index contributed by atoms with van der Waals surface area (Å²) in [6.07, 6.45) is 1.22. The van der Waals surface area contributed by atoms with Crippen molar-refractivity contribution in [1.29, 1.82) is 0 Å². The minimum absolute atomic E-state index is 0.0287. The molecule has 0 aromatic carbocycles. The normalized spacial score (nSPS) is 22.0. The molecule has 2 heterocycles. The Morgan fingerprint density at radius 1 is 1.40 bits per heavy atom. The van der Waals surface area contributed by atoms with E-state index in [2.05, 4.69) is 10.3 Å². The van der Waals surface area contributed by atoms with Crippen LogP contribution >= 0.6 is 11.3 Å². The van der Waals surface area contributed by atoms with Crippen LogP contribution in [0.15, 0.2) is 5.38 Å². The summed E-state index contributed by atoms with van der Waals surface area (Å²) in [4.78, 5) is 31.0. The highest BCUT2D eigenvalue weighted by Gasteiger charge is 2.49. The number of amides is 2. The summed E-state index contributed by atoms with van der Waals surface area (Å²) in [6, 6.07) is -0.464. The maximum absolute atomic E-state index is 12.5. The van der Waals surface area contributed by atoms with Crippen molar-refractivity contribution in [3.63, 3.8) is 0 Å². The van der Waals surface area contributed by atoms with E-state index in [1.165, 1.54) is 0 Å². The van der Waals surface area contributed by atoms with E-state index in [0.29, 0.717) is 19.4 Å². The van der Waals surface area contributed by atoms with Crippen molar-refractivity contribution in [1.82, 2.24) is 15.2 Å². The van der Waals surface area contributed by atoms with Crippen molar-refractivity contribution in [2.45, 2.75) is 58.7 Å². The minimum Gasteiger partial charge on any atom is -0.343 e. The molecular formula is C14H21N3O2S. The highest BCUT2D eigenvalue weighted by atomic mass is 32.1. The zero-order valence-electron chi connectivity index (χ0n) is 12.4. The number of nitrogens with zero attached hydrogens (tertiary/aromatic N) is 2. The van der Waals surface area contributed by atoms with Crippen molar-refractivity contribution in [2.24, 2.45) is 0 Å². The maximum atomic E-state index is 12.5. The van der Waals surface area contributed by atoms with Gasteiger partial charge in [0, 0.05) is 5.38 Å². The highest BCUT2D eigenvalue weighted by Crippen LogP contribution is 2.30. The van der Waals surface area contributed by atoms with E-state index in [9.17, 15) is 9.59 Å². The van der Waals surface area contributed by atoms with Crippen LogP contribution in [0.4, 0.5) is 0 Å². The molecule has 2 rings (SSSR count). The summed E-state index contributed by atoms with van der Waals surface area (Å²) in [7, 11) is 0. The van der Waals surface area contributed by atoms with E-state index < -0.39 is 11.6 Å². The summed E-state index contributed by atoms with van der Waals surface area (Å²) in [5.74, 6) is -0.0829. The van der Waals surface area contributed by atoms with E-state index in [1.54, 1.807) is 23.2 Å². The first-order valence-corrected chi connectivity index (χ1v) is 7.86. The molecule has 1 unspecified atom stereocenters. The summed E-state index contributed by atoms with van der Waals surface area (Å²) in [5.41, 5.74) is 0.107. The van der Waals surface area contributed by atoms with Crippen LogP contribution in [0.25, 0.3) is 0 Å². The molecule has 6 heteroatoms. The Kier molecular flexibility index (Phi) is 4.13. The van der Waals surface area contributed by atoms with Crippen molar-refractivity contribution < 1.29 is 9.59 Å². The van der Waals surface area contributed by atoms with E-state index in [-0.39, 0.29) is 11.8 Å². The Morgan fingerprint density at radius 2 is 2.05 bits per heavy atom. The van der Waals surface area contributed by atoms with Gasteiger partial charge < -0.3 is 10.2 Å². The Bertz CT molecular complexity index is 522. The van der Waals surface area contributed by atoms with Gasteiger partial charge in [-0.3, -0.25) is 9.59 Å². The van der Waals surface area contributed by atoms with Gasteiger partial charge in [0.1, 0.15) is 11.6 Å². The molecule has 2 amide bonds. The molecule has 0 saturated carbocycles. The van der Waals surface area contributed by atoms with E-state index in [0.717, 1.165) is 10.7 Å². The number of carbonyl (C=O) groups excluding carboxylic acids is 2.